The van der Waals surface area contributed by atoms with Crippen LogP contribution in [-0.4, -0.2) is 40.3 Å². The molecule has 13 heavy (non-hydrogen) atoms. The third-order valence-corrected chi connectivity index (χ3v) is 2.69. The van der Waals surface area contributed by atoms with Gasteiger partial charge in [0.05, 0.1) is 23.2 Å². The van der Waals surface area contributed by atoms with Gasteiger partial charge in [-0.25, -0.2) is 4.79 Å². The summed E-state index contributed by atoms with van der Waals surface area (Å²) in [5.74, 6) is -0.0776. The van der Waals surface area contributed by atoms with E-state index in [1.54, 1.807) is 6.92 Å². The van der Waals surface area contributed by atoms with Crippen molar-refractivity contribution in [3.05, 3.63) is 0 Å². The number of rotatable bonds is 2. The average Bonchev–Trinajstić information content (AvgIpc) is 2.30. The molecule has 7 heteroatoms. The predicted molar refractivity (Wildman–Crippen MR) is 45.6 cm³/mol. The molecule has 0 radical (unpaired) electrons. The van der Waals surface area contributed by atoms with Crippen LogP contribution >= 0.6 is 10.9 Å². The maximum absolute atomic E-state index is 10.8. The molecule has 1 aliphatic heterocycles. The highest BCUT2D eigenvalue weighted by Gasteiger charge is 2.35. The smallest absolute Gasteiger partial charge is 0.435 e. The van der Waals surface area contributed by atoms with Gasteiger partial charge in [0.25, 0.3) is 0 Å². The van der Waals surface area contributed by atoms with Crippen molar-refractivity contribution >= 4 is 17.0 Å². The van der Waals surface area contributed by atoms with Gasteiger partial charge in [-0.3, -0.25) is 4.18 Å². The van der Waals surface area contributed by atoms with Crippen LogP contribution in [0.15, 0.2) is 0 Å². The summed E-state index contributed by atoms with van der Waals surface area (Å²) in [7, 11) is -2.99. The van der Waals surface area contributed by atoms with Crippen molar-refractivity contribution in [2.45, 2.75) is 13.0 Å². The minimum Gasteiger partial charge on any atom is -0.435 e. The summed E-state index contributed by atoms with van der Waals surface area (Å²) in [6, 6.07) is 0. The van der Waals surface area contributed by atoms with Crippen molar-refractivity contribution in [3.8, 4) is 0 Å². The van der Waals surface area contributed by atoms with Crippen LogP contribution in [0.2, 0.25) is 0 Å². The summed E-state index contributed by atoms with van der Waals surface area (Å²) in [5.41, 5.74) is 0. The number of ether oxygens (including phenoxy) is 2. The highest BCUT2D eigenvalue weighted by molar-refractivity contribution is 8.20. The predicted octanol–water partition coefficient (Wildman–Crippen LogP) is 1.22. The molecule has 1 aliphatic rings. The van der Waals surface area contributed by atoms with Crippen LogP contribution in [0.1, 0.15) is 6.92 Å². The molecule has 1 saturated heterocycles. The zero-order valence-corrected chi connectivity index (χ0v) is 7.95. The first-order valence-electron chi connectivity index (χ1n) is 3.77. The second-order valence-corrected chi connectivity index (χ2v) is 4.26. The fraction of sp³-hybridized carbons (Fsp3) is 0.833. The van der Waals surface area contributed by atoms with E-state index in [9.17, 15) is 4.79 Å². The summed E-state index contributed by atoms with van der Waals surface area (Å²) in [5, 5.41) is 0. The molecule has 1 heterocycles. The van der Waals surface area contributed by atoms with Crippen LogP contribution < -0.4 is 0 Å². The molecule has 0 amide bonds. The van der Waals surface area contributed by atoms with Crippen LogP contribution in [0.4, 0.5) is 4.79 Å². The molecule has 0 spiro atoms. The van der Waals surface area contributed by atoms with Gasteiger partial charge in [-0.2, -0.15) is 0 Å². The molecular formula is C6H12O6S. The molecule has 1 unspecified atom stereocenters. The third-order valence-electron chi connectivity index (χ3n) is 1.37. The normalized spacial score (nSPS) is 28.1. The van der Waals surface area contributed by atoms with Crippen molar-refractivity contribution < 1.29 is 27.6 Å². The Balaban J connectivity index is 2.28. The second kappa shape index (κ2) is 4.14. The van der Waals surface area contributed by atoms with Gasteiger partial charge in [0.2, 0.25) is 0 Å². The van der Waals surface area contributed by atoms with E-state index >= 15 is 0 Å². The monoisotopic (exact) mass is 212 g/mol. The highest BCUT2D eigenvalue weighted by atomic mass is 32.3. The Kier molecular flexibility index (Phi) is 3.37. The molecule has 0 saturated carbocycles. The Morgan fingerprint density at radius 2 is 2.38 bits per heavy atom. The lowest BCUT2D eigenvalue weighted by Gasteiger charge is -2.17. The first-order chi connectivity index (χ1) is 6.03. The summed E-state index contributed by atoms with van der Waals surface area (Å²) in [6.45, 7) is 1.88. The van der Waals surface area contributed by atoms with Gasteiger partial charge in [0, 0.05) is 0 Å². The molecule has 0 bridgehead atoms. The maximum Gasteiger partial charge on any atom is 0.508 e. The Morgan fingerprint density at radius 3 is 2.85 bits per heavy atom. The molecule has 1 atom stereocenters. The highest BCUT2D eigenvalue weighted by Crippen LogP contribution is 2.45. The second-order valence-electron chi connectivity index (χ2n) is 2.48. The van der Waals surface area contributed by atoms with Crippen LogP contribution in [0.25, 0.3) is 0 Å². The van der Waals surface area contributed by atoms with Crippen molar-refractivity contribution in [2.75, 3.05) is 19.0 Å². The quantitative estimate of drug-likeness (QED) is 0.669. The zero-order chi connectivity index (χ0) is 9.90. The Morgan fingerprint density at radius 1 is 1.69 bits per heavy atom. The van der Waals surface area contributed by atoms with Gasteiger partial charge in [-0.1, -0.05) is 0 Å². The number of carbonyl (C=O) groups is 1. The first kappa shape index (κ1) is 10.6. The van der Waals surface area contributed by atoms with E-state index in [1.807, 2.05) is 0 Å². The van der Waals surface area contributed by atoms with E-state index in [4.69, 9.17) is 13.8 Å². The minimum absolute atomic E-state index is 0.00114. The molecule has 1 rings (SSSR count). The average molecular weight is 212 g/mol. The Bertz CT molecular complexity index is 194. The summed E-state index contributed by atoms with van der Waals surface area (Å²) in [6.07, 6.45) is -1.43. The molecule has 78 valence electrons. The van der Waals surface area contributed by atoms with E-state index < -0.39 is 23.1 Å². The molecule has 0 aliphatic carbocycles. The molecule has 1 fully saturated rings. The minimum atomic E-state index is -2.99. The SMILES string of the molecule is CCOC(=O)OC1COS(O)(O)C1. The molecule has 0 aromatic rings. The maximum atomic E-state index is 10.8. The van der Waals surface area contributed by atoms with Crippen molar-refractivity contribution in [1.82, 2.24) is 0 Å². The van der Waals surface area contributed by atoms with Crippen LogP contribution in [0.5, 0.6) is 0 Å². The standard InChI is InChI=1S/C6H12O6S/c1-2-10-6(7)12-5-3-11-13(8,9)4-5/h5,8-9H,2-4H2,1H3. The topological polar surface area (TPSA) is 85.2 Å². The number of hydrogen-bond acceptors (Lipinski definition) is 6. The lowest BCUT2D eigenvalue weighted by Crippen LogP contribution is -2.21. The van der Waals surface area contributed by atoms with Crippen LogP contribution in [-0.2, 0) is 13.7 Å². The summed E-state index contributed by atoms with van der Waals surface area (Å²) < 4.78 is 31.8. The number of hydrogen-bond donors (Lipinski definition) is 2. The van der Waals surface area contributed by atoms with Crippen molar-refractivity contribution in [2.24, 2.45) is 0 Å². The van der Waals surface area contributed by atoms with Gasteiger partial charge in [-0.15, -0.1) is 0 Å². The molecular weight excluding hydrogens is 200 g/mol. The third kappa shape index (κ3) is 3.39. The lowest BCUT2D eigenvalue weighted by atomic mass is 10.4. The van der Waals surface area contributed by atoms with E-state index in [2.05, 4.69) is 8.92 Å². The zero-order valence-electron chi connectivity index (χ0n) is 7.13. The van der Waals surface area contributed by atoms with Crippen molar-refractivity contribution in [1.29, 1.82) is 0 Å². The van der Waals surface area contributed by atoms with E-state index in [0.717, 1.165) is 0 Å². The van der Waals surface area contributed by atoms with Gasteiger partial charge in [0.15, 0.2) is 0 Å². The van der Waals surface area contributed by atoms with Crippen molar-refractivity contribution in [3.63, 3.8) is 0 Å². The molecule has 0 aromatic carbocycles. The fourth-order valence-corrected chi connectivity index (χ4v) is 1.99. The molecule has 2 N–H and O–H groups in total. The molecule has 6 nitrogen and oxygen atoms in total. The first-order valence-corrected chi connectivity index (χ1v) is 5.41. The Hall–Kier alpha value is -0.500. The van der Waals surface area contributed by atoms with E-state index in [0.29, 0.717) is 0 Å². The summed E-state index contributed by atoms with van der Waals surface area (Å²) in [4.78, 5) is 10.8. The lowest BCUT2D eigenvalue weighted by molar-refractivity contribution is 0.0264. The largest absolute Gasteiger partial charge is 0.508 e. The number of carbonyl (C=O) groups excluding carboxylic acids is 1. The van der Waals surface area contributed by atoms with Gasteiger partial charge in [-0.05, 0) is 6.92 Å². The van der Waals surface area contributed by atoms with Crippen LogP contribution in [0.3, 0.4) is 0 Å². The fourth-order valence-electron chi connectivity index (χ4n) is 0.879. The Labute approximate surface area is 77.3 Å². The van der Waals surface area contributed by atoms with Crippen LogP contribution in [0, 0.1) is 0 Å². The van der Waals surface area contributed by atoms with E-state index in [-0.39, 0.29) is 19.0 Å². The molecule has 0 aromatic heterocycles. The van der Waals surface area contributed by atoms with Gasteiger partial charge >= 0.3 is 6.16 Å². The van der Waals surface area contributed by atoms with Gasteiger partial charge < -0.3 is 18.6 Å². The summed E-state index contributed by atoms with van der Waals surface area (Å²) >= 11 is 0. The van der Waals surface area contributed by atoms with E-state index in [1.165, 1.54) is 0 Å². The van der Waals surface area contributed by atoms with Gasteiger partial charge in [0.1, 0.15) is 12.7 Å².